The van der Waals surface area contributed by atoms with Gasteiger partial charge in [0.1, 0.15) is 5.82 Å². The van der Waals surface area contributed by atoms with Gasteiger partial charge in [0.25, 0.3) is 0 Å². The first kappa shape index (κ1) is 21.6. The van der Waals surface area contributed by atoms with Crippen LogP contribution in [0.15, 0.2) is 36.4 Å². The van der Waals surface area contributed by atoms with Gasteiger partial charge in [-0.15, -0.1) is 0 Å². The van der Waals surface area contributed by atoms with E-state index in [1.807, 2.05) is 24.3 Å². The van der Waals surface area contributed by atoms with Crippen LogP contribution in [0.4, 0.5) is 10.1 Å². The van der Waals surface area contributed by atoms with E-state index in [-0.39, 0.29) is 22.3 Å². The van der Waals surface area contributed by atoms with E-state index in [2.05, 4.69) is 24.2 Å². The number of nitrogens with zero attached hydrogens (tertiary/aromatic N) is 1. The van der Waals surface area contributed by atoms with Gasteiger partial charge < -0.3 is 5.32 Å². The van der Waals surface area contributed by atoms with E-state index in [1.54, 1.807) is 12.1 Å². The van der Waals surface area contributed by atoms with Crippen LogP contribution in [-0.4, -0.2) is 30.4 Å². The lowest BCUT2D eigenvalue weighted by atomic mass is 9.56. The lowest BCUT2D eigenvalue weighted by Crippen LogP contribution is -2.55. The van der Waals surface area contributed by atoms with Gasteiger partial charge in [0, 0.05) is 34.1 Å². The summed E-state index contributed by atoms with van der Waals surface area (Å²) in [6.45, 7) is 2.95. The Morgan fingerprint density at radius 2 is 1.90 bits per heavy atom. The van der Waals surface area contributed by atoms with Crippen molar-refractivity contribution in [3.8, 4) is 0 Å². The van der Waals surface area contributed by atoms with Gasteiger partial charge in [-0.05, 0) is 49.2 Å². The maximum atomic E-state index is 15.3. The van der Waals surface area contributed by atoms with Crippen LogP contribution in [0.5, 0.6) is 0 Å². The zero-order chi connectivity index (χ0) is 21.5. The molecule has 2 atom stereocenters. The topological polar surface area (TPSA) is 32.3 Å². The van der Waals surface area contributed by atoms with Gasteiger partial charge in [-0.1, -0.05) is 67.6 Å². The minimum absolute atomic E-state index is 0.118. The molecule has 2 aromatic rings. The highest BCUT2D eigenvalue weighted by Crippen LogP contribution is 2.61. The smallest absolute Gasteiger partial charge is 0.211 e. The zero-order valence-corrected chi connectivity index (χ0v) is 18.9. The molecule has 0 bridgehead atoms. The molecule has 1 heterocycles. The Bertz CT molecular complexity index is 960. The number of carbonyl (C=O) groups excluding carboxylic acids is 1. The molecule has 3 nitrogen and oxygen atoms in total. The average molecular weight is 449 g/mol. The Morgan fingerprint density at radius 3 is 2.60 bits per heavy atom. The predicted molar refractivity (Wildman–Crippen MR) is 121 cm³/mol. The molecule has 2 fully saturated rings. The number of hydrogen-bond acceptors (Lipinski definition) is 2. The van der Waals surface area contributed by atoms with E-state index in [4.69, 9.17) is 23.2 Å². The number of hydrogen-bond donors (Lipinski definition) is 1. The van der Waals surface area contributed by atoms with Gasteiger partial charge in [-0.2, -0.15) is 0 Å². The molecule has 1 unspecified atom stereocenters. The number of likely N-dealkylation sites (N-methyl/N-ethyl adjacent to an activating group) is 1. The van der Waals surface area contributed by atoms with Crippen molar-refractivity contribution in [3.63, 3.8) is 0 Å². The molecule has 2 aromatic carbocycles. The average Bonchev–Trinajstić information content (AvgIpc) is 2.93. The molecule has 0 radical (unpaired) electrons. The summed E-state index contributed by atoms with van der Waals surface area (Å²) in [4.78, 5) is 13.8. The molecule has 1 aliphatic heterocycles. The second-order valence-corrected chi connectivity index (χ2v) is 9.67. The molecule has 0 aromatic heterocycles. The van der Waals surface area contributed by atoms with Gasteiger partial charge in [-0.25, -0.2) is 4.39 Å². The van der Waals surface area contributed by atoms with E-state index in [9.17, 15) is 4.79 Å². The predicted octanol–water partition coefficient (Wildman–Crippen LogP) is 6.39. The number of likely N-dealkylation sites (tertiary alicyclic amines) is 1. The van der Waals surface area contributed by atoms with E-state index >= 15 is 4.39 Å². The Morgan fingerprint density at radius 1 is 1.17 bits per heavy atom. The van der Waals surface area contributed by atoms with E-state index in [1.165, 1.54) is 6.42 Å². The summed E-state index contributed by atoms with van der Waals surface area (Å²) in [6.07, 6.45) is 6.22. The molecule has 30 heavy (non-hydrogen) atoms. The number of nitrogens with one attached hydrogen (secondary N) is 1. The van der Waals surface area contributed by atoms with Gasteiger partial charge >= 0.3 is 0 Å². The molecular formula is C24H27Cl2FN2O. The number of anilines is 1. The first-order valence-corrected chi connectivity index (χ1v) is 11.3. The van der Waals surface area contributed by atoms with Crippen molar-refractivity contribution in [2.24, 2.45) is 0 Å². The molecule has 160 valence electrons. The molecule has 2 aliphatic rings. The van der Waals surface area contributed by atoms with Crippen LogP contribution in [0.1, 0.15) is 56.1 Å². The van der Waals surface area contributed by atoms with Crippen molar-refractivity contribution in [1.29, 1.82) is 0 Å². The second-order valence-electron chi connectivity index (χ2n) is 8.82. The third-order valence-corrected chi connectivity index (χ3v) is 8.17. The molecule has 1 saturated heterocycles. The van der Waals surface area contributed by atoms with Crippen molar-refractivity contribution in [2.75, 3.05) is 18.9 Å². The van der Waals surface area contributed by atoms with Crippen molar-refractivity contribution >= 4 is 35.3 Å². The number of amides is 1. The summed E-state index contributed by atoms with van der Waals surface area (Å²) in [5.74, 6) is -0.469. The first-order chi connectivity index (χ1) is 14.3. The van der Waals surface area contributed by atoms with Crippen LogP contribution in [0.25, 0.3) is 0 Å². The van der Waals surface area contributed by atoms with Crippen molar-refractivity contribution in [1.82, 2.24) is 4.90 Å². The maximum Gasteiger partial charge on any atom is 0.211 e. The van der Waals surface area contributed by atoms with Crippen molar-refractivity contribution in [2.45, 2.75) is 55.9 Å². The van der Waals surface area contributed by atoms with E-state index in [0.29, 0.717) is 22.7 Å². The summed E-state index contributed by atoms with van der Waals surface area (Å²) in [6, 6.07) is 10.9. The lowest BCUT2D eigenvalue weighted by molar-refractivity contribution is -0.105. The highest BCUT2D eigenvalue weighted by molar-refractivity contribution is 6.31. The summed E-state index contributed by atoms with van der Waals surface area (Å²) in [5, 5.41) is 3.55. The molecule has 4 rings (SSSR count). The number of benzene rings is 2. The minimum Gasteiger partial charge on any atom is -0.328 e. The normalized spacial score (nSPS) is 26.1. The Kier molecular flexibility index (Phi) is 5.86. The maximum absolute atomic E-state index is 15.3. The van der Waals surface area contributed by atoms with Gasteiger partial charge in [0.15, 0.2) is 0 Å². The molecule has 1 saturated carbocycles. The van der Waals surface area contributed by atoms with Crippen LogP contribution in [0, 0.1) is 5.82 Å². The summed E-state index contributed by atoms with van der Waals surface area (Å²) in [5.41, 5.74) is 1.73. The third kappa shape index (κ3) is 3.16. The molecule has 1 amide bonds. The fourth-order valence-corrected chi connectivity index (χ4v) is 6.53. The summed E-state index contributed by atoms with van der Waals surface area (Å²) < 4.78 is 15.3. The van der Waals surface area contributed by atoms with Gasteiger partial charge in [0.05, 0.1) is 5.02 Å². The van der Waals surface area contributed by atoms with Crippen molar-refractivity contribution in [3.05, 3.63) is 63.4 Å². The fraction of sp³-hybridized carbons (Fsp3) is 0.458. The Labute approximate surface area is 187 Å². The number of halogens is 3. The standard InChI is InChI=1S/C24H27Cl2FN2O/c1-23(18-10-9-16(25)13-21(18)28-15-30)19(17-7-6-8-20(26)22(17)27)14-29(2)24(23)11-4-3-5-12-24/h6-10,13,15,19H,3-5,11-12,14H2,1-2H3,(H,28,30)/t19?,23-/m1/s1. The summed E-state index contributed by atoms with van der Waals surface area (Å²) >= 11 is 12.4. The second kappa shape index (κ2) is 8.14. The Balaban J connectivity index is 1.98. The number of rotatable bonds is 4. The zero-order valence-electron chi connectivity index (χ0n) is 17.4. The Hall–Kier alpha value is -1.62. The minimum atomic E-state index is -0.441. The largest absolute Gasteiger partial charge is 0.328 e. The van der Waals surface area contributed by atoms with Crippen LogP contribution in [-0.2, 0) is 10.2 Å². The highest BCUT2D eigenvalue weighted by Gasteiger charge is 2.62. The molecule has 1 spiro atoms. The summed E-state index contributed by atoms with van der Waals surface area (Å²) in [7, 11) is 2.15. The molecule has 6 heteroatoms. The van der Waals surface area contributed by atoms with Gasteiger partial charge in [-0.3, -0.25) is 9.69 Å². The molecule has 1 aliphatic carbocycles. The van der Waals surface area contributed by atoms with Crippen LogP contribution >= 0.6 is 23.2 Å². The van der Waals surface area contributed by atoms with E-state index in [0.717, 1.165) is 37.8 Å². The van der Waals surface area contributed by atoms with E-state index < -0.39 is 5.41 Å². The SMILES string of the molecule is CN1CC(c2cccc(Cl)c2F)[C@@](C)(c2ccc(Cl)cc2NC=O)C12CCCCC2. The molecular weight excluding hydrogens is 422 g/mol. The third-order valence-electron chi connectivity index (χ3n) is 7.64. The fourth-order valence-electron chi connectivity index (χ4n) is 6.18. The van der Waals surface area contributed by atoms with Crippen molar-refractivity contribution < 1.29 is 9.18 Å². The quantitative estimate of drug-likeness (QED) is 0.549. The first-order valence-electron chi connectivity index (χ1n) is 10.5. The van der Waals surface area contributed by atoms with Gasteiger partial charge in [0.2, 0.25) is 6.41 Å². The van der Waals surface area contributed by atoms with Crippen LogP contribution in [0.2, 0.25) is 10.0 Å². The highest BCUT2D eigenvalue weighted by atomic mass is 35.5. The number of carbonyl (C=O) groups is 1. The lowest BCUT2D eigenvalue weighted by Gasteiger charge is -2.52. The van der Waals surface area contributed by atoms with Crippen LogP contribution in [0.3, 0.4) is 0 Å². The molecule has 1 N–H and O–H groups in total. The monoisotopic (exact) mass is 448 g/mol. The van der Waals surface area contributed by atoms with Crippen LogP contribution < -0.4 is 5.32 Å².